The summed E-state index contributed by atoms with van der Waals surface area (Å²) < 4.78 is 2.04. The zero-order valence-corrected chi connectivity index (χ0v) is 15.9. The lowest BCUT2D eigenvalue weighted by atomic mass is 10.0. The number of carbonyl (C=O) groups is 1. The lowest BCUT2D eigenvalue weighted by Crippen LogP contribution is -2.27. The van der Waals surface area contributed by atoms with Crippen LogP contribution in [0.3, 0.4) is 0 Å². The van der Waals surface area contributed by atoms with Crippen LogP contribution in [0.5, 0.6) is 0 Å². The van der Waals surface area contributed by atoms with E-state index in [0.717, 1.165) is 42.1 Å². The summed E-state index contributed by atoms with van der Waals surface area (Å²) in [7, 11) is 1.89. The lowest BCUT2D eigenvalue weighted by molar-refractivity contribution is 0.0783. The molecule has 0 N–H and O–H groups in total. The highest BCUT2D eigenvalue weighted by atomic mass is 32.1. The van der Waals surface area contributed by atoms with E-state index in [1.54, 1.807) is 17.5 Å². The van der Waals surface area contributed by atoms with Gasteiger partial charge < -0.3 is 4.90 Å². The zero-order valence-electron chi connectivity index (χ0n) is 15.1. The molecule has 2 aliphatic carbocycles. The van der Waals surface area contributed by atoms with Crippen LogP contribution in [-0.4, -0.2) is 32.6 Å². The van der Waals surface area contributed by atoms with E-state index in [0.29, 0.717) is 12.5 Å². The topological polar surface area (TPSA) is 51.0 Å². The number of fused-ring (bicyclic) bond motifs is 1. The molecule has 0 saturated heterocycles. The van der Waals surface area contributed by atoms with E-state index >= 15 is 0 Å². The fraction of sp³-hybridized carbons (Fsp3) is 0.632. The SMILES string of the molecule is CCCn1ncc(C(=O)N(C)Cc2nc3c(s2)CCCC3)c1C1CC1. The number of amides is 1. The van der Waals surface area contributed by atoms with E-state index in [1.807, 2.05) is 16.6 Å². The van der Waals surface area contributed by atoms with Crippen molar-refractivity contribution in [2.75, 3.05) is 7.05 Å². The second-order valence-electron chi connectivity index (χ2n) is 7.29. The van der Waals surface area contributed by atoms with Gasteiger partial charge in [0, 0.05) is 24.4 Å². The minimum absolute atomic E-state index is 0.0809. The molecule has 134 valence electrons. The molecule has 0 radical (unpaired) electrons. The van der Waals surface area contributed by atoms with Crippen molar-refractivity contribution in [2.24, 2.45) is 0 Å². The van der Waals surface area contributed by atoms with E-state index in [4.69, 9.17) is 4.98 Å². The predicted molar refractivity (Wildman–Crippen MR) is 99.0 cm³/mol. The highest BCUT2D eigenvalue weighted by Crippen LogP contribution is 2.42. The minimum Gasteiger partial charge on any atom is -0.335 e. The van der Waals surface area contributed by atoms with Crippen molar-refractivity contribution < 1.29 is 4.79 Å². The standard InChI is InChI=1S/C19H26N4OS/c1-3-10-23-18(13-8-9-13)14(11-20-23)19(24)22(2)12-17-21-15-6-4-5-7-16(15)25-17/h11,13H,3-10,12H2,1-2H3. The van der Waals surface area contributed by atoms with Crippen LogP contribution in [0.25, 0.3) is 0 Å². The van der Waals surface area contributed by atoms with Gasteiger partial charge in [0.25, 0.3) is 5.91 Å². The highest BCUT2D eigenvalue weighted by molar-refractivity contribution is 7.11. The number of nitrogens with zero attached hydrogens (tertiary/aromatic N) is 4. The van der Waals surface area contributed by atoms with Crippen LogP contribution in [0.15, 0.2) is 6.20 Å². The van der Waals surface area contributed by atoms with Gasteiger partial charge in [0.1, 0.15) is 5.01 Å². The molecule has 1 amide bonds. The first kappa shape index (κ1) is 16.8. The third-order valence-corrected chi connectivity index (χ3v) is 6.26. The summed E-state index contributed by atoms with van der Waals surface area (Å²) in [4.78, 5) is 21.0. The third-order valence-electron chi connectivity index (χ3n) is 5.12. The minimum atomic E-state index is 0.0809. The Morgan fingerprint density at radius 1 is 1.36 bits per heavy atom. The largest absolute Gasteiger partial charge is 0.335 e. The molecule has 4 rings (SSSR count). The van der Waals surface area contributed by atoms with Gasteiger partial charge in [-0.25, -0.2) is 4.98 Å². The fourth-order valence-electron chi connectivity index (χ4n) is 3.69. The number of aryl methyl sites for hydroxylation is 3. The smallest absolute Gasteiger partial charge is 0.257 e. The average Bonchev–Trinajstić information content (AvgIpc) is 3.23. The van der Waals surface area contributed by atoms with Gasteiger partial charge in [0.05, 0.1) is 29.7 Å². The number of hydrogen-bond acceptors (Lipinski definition) is 4. The summed E-state index contributed by atoms with van der Waals surface area (Å²) >= 11 is 1.79. The molecule has 0 aliphatic heterocycles. The molecule has 0 spiro atoms. The molecular formula is C19H26N4OS. The van der Waals surface area contributed by atoms with Crippen LogP contribution in [0, 0.1) is 0 Å². The quantitative estimate of drug-likeness (QED) is 0.790. The summed E-state index contributed by atoms with van der Waals surface area (Å²) in [5.74, 6) is 0.603. The first-order chi connectivity index (χ1) is 12.2. The number of hydrogen-bond donors (Lipinski definition) is 0. The van der Waals surface area contributed by atoms with Gasteiger partial charge in [-0.05, 0) is 44.9 Å². The Balaban J connectivity index is 1.51. The zero-order chi connectivity index (χ0) is 17.4. The van der Waals surface area contributed by atoms with Gasteiger partial charge in [0.15, 0.2) is 0 Å². The van der Waals surface area contributed by atoms with Crippen molar-refractivity contribution in [2.45, 2.75) is 70.9 Å². The van der Waals surface area contributed by atoms with Crippen molar-refractivity contribution in [1.82, 2.24) is 19.7 Å². The Kier molecular flexibility index (Phi) is 4.63. The van der Waals surface area contributed by atoms with Crippen molar-refractivity contribution >= 4 is 17.2 Å². The molecule has 5 nitrogen and oxygen atoms in total. The van der Waals surface area contributed by atoms with Crippen molar-refractivity contribution in [3.8, 4) is 0 Å². The number of aromatic nitrogens is 3. The third kappa shape index (κ3) is 3.36. The molecule has 25 heavy (non-hydrogen) atoms. The normalized spacial score (nSPS) is 16.7. The summed E-state index contributed by atoms with van der Waals surface area (Å²) in [5.41, 5.74) is 3.21. The molecule has 1 saturated carbocycles. The Hall–Kier alpha value is -1.69. The van der Waals surface area contributed by atoms with E-state index < -0.39 is 0 Å². The monoisotopic (exact) mass is 358 g/mol. The number of rotatable bonds is 6. The van der Waals surface area contributed by atoms with Gasteiger partial charge in [-0.2, -0.15) is 5.10 Å². The molecule has 2 heterocycles. The molecule has 6 heteroatoms. The van der Waals surface area contributed by atoms with Gasteiger partial charge in [-0.3, -0.25) is 9.48 Å². The van der Waals surface area contributed by atoms with E-state index in [1.165, 1.54) is 36.3 Å². The van der Waals surface area contributed by atoms with Gasteiger partial charge in [0.2, 0.25) is 0 Å². The predicted octanol–water partition coefficient (Wildman–Crippen LogP) is 3.78. The average molecular weight is 359 g/mol. The maximum atomic E-state index is 13.0. The van der Waals surface area contributed by atoms with Gasteiger partial charge in [-0.15, -0.1) is 11.3 Å². The molecule has 2 aromatic rings. The fourth-order valence-corrected chi connectivity index (χ4v) is 4.90. The molecule has 1 fully saturated rings. The molecule has 0 bridgehead atoms. The molecule has 0 unspecified atom stereocenters. The van der Waals surface area contributed by atoms with Crippen LogP contribution in [0.1, 0.15) is 76.6 Å². The van der Waals surface area contributed by atoms with Crippen molar-refractivity contribution in [1.29, 1.82) is 0 Å². The summed E-state index contributed by atoms with van der Waals surface area (Å²) in [6.07, 6.45) is 9.93. The Morgan fingerprint density at radius 2 is 2.16 bits per heavy atom. The summed E-state index contributed by atoms with van der Waals surface area (Å²) in [6.45, 7) is 3.64. The lowest BCUT2D eigenvalue weighted by Gasteiger charge is -2.16. The maximum Gasteiger partial charge on any atom is 0.257 e. The Morgan fingerprint density at radius 3 is 2.88 bits per heavy atom. The second-order valence-corrected chi connectivity index (χ2v) is 8.45. The van der Waals surface area contributed by atoms with Crippen LogP contribution < -0.4 is 0 Å². The first-order valence-corrected chi connectivity index (χ1v) is 10.3. The first-order valence-electron chi connectivity index (χ1n) is 9.46. The van der Waals surface area contributed by atoms with Crippen LogP contribution in [0.2, 0.25) is 0 Å². The molecule has 0 atom stereocenters. The molecular weight excluding hydrogens is 332 g/mol. The van der Waals surface area contributed by atoms with Gasteiger partial charge >= 0.3 is 0 Å². The molecule has 2 aromatic heterocycles. The maximum absolute atomic E-state index is 13.0. The highest BCUT2D eigenvalue weighted by Gasteiger charge is 2.33. The van der Waals surface area contributed by atoms with Crippen molar-refractivity contribution in [3.63, 3.8) is 0 Å². The van der Waals surface area contributed by atoms with Crippen LogP contribution >= 0.6 is 11.3 Å². The number of carbonyl (C=O) groups excluding carboxylic acids is 1. The Labute approximate surface area is 153 Å². The summed E-state index contributed by atoms with van der Waals surface area (Å²) in [5, 5.41) is 5.55. The van der Waals surface area contributed by atoms with E-state index in [9.17, 15) is 4.79 Å². The molecule has 2 aliphatic rings. The molecule has 0 aromatic carbocycles. The van der Waals surface area contributed by atoms with Crippen LogP contribution in [-0.2, 0) is 25.9 Å². The van der Waals surface area contributed by atoms with Crippen molar-refractivity contribution in [3.05, 3.63) is 33.0 Å². The van der Waals surface area contributed by atoms with Crippen LogP contribution in [0.4, 0.5) is 0 Å². The van der Waals surface area contributed by atoms with E-state index in [-0.39, 0.29) is 5.91 Å². The summed E-state index contributed by atoms with van der Waals surface area (Å²) in [6, 6.07) is 0. The van der Waals surface area contributed by atoms with Gasteiger partial charge in [-0.1, -0.05) is 6.92 Å². The van der Waals surface area contributed by atoms with E-state index in [2.05, 4.69) is 12.0 Å². The Bertz CT molecular complexity index is 751. The number of thiazole rings is 1. The second kappa shape index (κ2) is 6.90.